The molecule has 1 heterocycles. The maximum absolute atomic E-state index is 12.7. The monoisotopic (exact) mass is 349 g/mol. The Balaban J connectivity index is 2.00. The van der Waals surface area contributed by atoms with E-state index in [-0.39, 0.29) is 5.91 Å². The van der Waals surface area contributed by atoms with Crippen molar-refractivity contribution in [2.45, 2.75) is 40.5 Å². The average Bonchev–Trinajstić information content (AvgIpc) is 2.55. The van der Waals surface area contributed by atoms with E-state index in [0.29, 0.717) is 42.5 Å². The predicted molar refractivity (Wildman–Crippen MR) is 101 cm³/mol. The van der Waals surface area contributed by atoms with Crippen molar-refractivity contribution in [2.75, 3.05) is 39.8 Å². The van der Waals surface area contributed by atoms with E-state index < -0.39 is 0 Å². The van der Waals surface area contributed by atoms with Gasteiger partial charge in [0.1, 0.15) is 0 Å². The van der Waals surface area contributed by atoms with Gasteiger partial charge in [-0.1, -0.05) is 25.5 Å². The number of allylic oxidation sites excluding steroid dienone is 1. The Morgan fingerprint density at radius 1 is 1.24 bits per heavy atom. The molecule has 0 radical (unpaired) electrons. The molecule has 1 fully saturated rings. The van der Waals surface area contributed by atoms with Gasteiger partial charge in [0.15, 0.2) is 0 Å². The highest BCUT2D eigenvalue weighted by Gasteiger charge is 2.33. The van der Waals surface area contributed by atoms with Gasteiger partial charge in [-0.15, -0.1) is 0 Å². The molecular weight excluding hydrogens is 314 g/mol. The highest BCUT2D eigenvalue weighted by molar-refractivity contribution is 5.77. The number of carbonyl (C=O) groups is 2. The van der Waals surface area contributed by atoms with Crippen LogP contribution in [0.3, 0.4) is 0 Å². The van der Waals surface area contributed by atoms with Gasteiger partial charge in [0.2, 0.25) is 11.8 Å². The van der Waals surface area contributed by atoms with E-state index in [4.69, 9.17) is 0 Å². The molecule has 1 N–H and O–H groups in total. The zero-order valence-electron chi connectivity index (χ0n) is 16.5. The Labute approximate surface area is 152 Å². The van der Waals surface area contributed by atoms with Crippen LogP contribution in [0.4, 0.5) is 0 Å². The topological polar surface area (TPSA) is 52.7 Å². The summed E-state index contributed by atoms with van der Waals surface area (Å²) < 4.78 is 0. The van der Waals surface area contributed by atoms with Crippen LogP contribution >= 0.6 is 0 Å². The van der Waals surface area contributed by atoms with E-state index in [9.17, 15) is 9.59 Å². The number of hydrogen-bond acceptors (Lipinski definition) is 3. The summed E-state index contributed by atoms with van der Waals surface area (Å²) in [7, 11) is 2.11. The molecule has 5 heteroatoms. The van der Waals surface area contributed by atoms with Crippen LogP contribution < -0.4 is 5.32 Å². The number of nitrogens with zero attached hydrogens (tertiary/aromatic N) is 2. The summed E-state index contributed by atoms with van der Waals surface area (Å²) in [6, 6.07) is 0. The molecule has 1 saturated heterocycles. The Kier molecular flexibility index (Phi) is 7.05. The van der Waals surface area contributed by atoms with E-state index in [1.807, 2.05) is 4.90 Å². The highest BCUT2D eigenvalue weighted by atomic mass is 16.2. The Morgan fingerprint density at radius 2 is 1.88 bits per heavy atom. The second-order valence-electron chi connectivity index (χ2n) is 8.24. The lowest BCUT2D eigenvalue weighted by molar-refractivity contribution is -0.133. The van der Waals surface area contributed by atoms with Gasteiger partial charge < -0.3 is 15.1 Å². The van der Waals surface area contributed by atoms with Crippen LogP contribution in [0.5, 0.6) is 0 Å². The second-order valence-corrected chi connectivity index (χ2v) is 8.24. The number of amides is 2. The minimum absolute atomic E-state index is 0.0286. The van der Waals surface area contributed by atoms with Crippen LogP contribution in [-0.4, -0.2) is 61.4 Å². The van der Waals surface area contributed by atoms with Gasteiger partial charge in [-0.05, 0) is 44.1 Å². The fraction of sp³-hybridized carbons (Fsp3) is 0.800. The van der Waals surface area contributed by atoms with Gasteiger partial charge in [0, 0.05) is 46.1 Å². The largest absolute Gasteiger partial charge is 0.356 e. The fourth-order valence-electron chi connectivity index (χ4n) is 4.17. The summed E-state index contributed by atoms with van der Waals surface area (Å²) in [6.07, 6.45) is 3.98. The smallest absolute Gasteiger partial charge is 0.223 e. The van der Waals surface area contributed by atoms with Gasteiger partial charge in [-0.25, -0.2) is 0 Å². The first-order chi connectivity index (χ1) is 11.8. The van der Waals surface area contributed by atoms with E-state index in [1.165, 1.54) is 5.57 Å². The minimum atomic E-state index is 0.0286. The molecule has 3 atom stereocenters. The third-order valence-electron chi connectivity index (χ3n) is 5.95. The summed E-state index contributed by atoms with van der Waals surface area (Å²) in [4.78, 5) is 28.3. The van der Waals surface area contributed by atoms with Gasteiger partial charge in [-0.3, -0.25) is 9.59 Å². The molecule has 2 amide bonds. The van der Waals surface area contributed by atoms with Crippen molar-refractivity contribution in [1.29, 1.82) is 0 Å². The maximum atomic E-state index is 12.7. The summed E-state index contributed by atoms with van der Waals surface area (Å²) in [5.41, 5.74) is 1.31. The zero-order chi connectivity index (χ0) is 18.6. The Hall–Kier alpha value is -1.36. The second kappa shape index (κ2) is 8.84. The van der Waals surface area contributed by atoms with Gasteiger partial charge >= 0.3 is 0 Å². The molecule has 142 valence electrons. The summed E-state index contributed by atoms with van der Waals surface area (Å²) in [5, 5.41) is 2.97. The fourth-order valence-corrected chi connectivity index (χ4v) is 4.17. The molecule has 0 saturated carbocycles. The van der Waals surface area contributed by atoms with Gasteiger partial charge in [0.05, 0.1) is 0 Å². The summed E-state index contributed by atoms with van der Waals surface area (Å²) in [5.74, 6) is 2.10. The first-order valence-corrected chi connectivity index (χ1v) is 9.67. The van der Waals surface area contributed by atoms with Crippen LogP contribution in [0.25, 0.3) is 0 Å². The number of piperazine rings is 1. The third-order valence-corrected chi connectivity index (χ3v) is 5.95. The molecule has 0 spiro atoms. The number of rotatable bonds is 5. The van der Waals surface area contributed by atoms with Gasteiger partial charge in [-0.2, -0.15) is 0 Å². The molecule has 0 bridgehead atoms. The minimum Gasteiger partial charge on any atom is -0.356 e. The molecule has 0 aromatic carbocycles. The van der Waals surface area contributed by atoms with Crippen molar-refractivity contribution in [3.63, 3.8) is 0 Å². The molecule has 1 aliphatic heterocycles. The Bertz CT molecular complexity index is 507. The maximum Gasteiger partial charge on any atom is 0.223 e. The van der Waals surface area contributed by atoms with Crippen molar-refractivity contribution in [1.82, 2.24) is 15.1 Å². The third kappa shape index (κ3) is 5.56. The lowest BCUT2D eigenvalue weighted by atomic mass is 9.69. The summed E-state index contributed by atoms with van der Waals surface area (Å²) >= 11 is 0. The quantitative estimate of drug-likeness (QED) is 0.774. The zero-order valence-corrected chi connectivity index (χ0v) is 16.5. The number of likely N-dealkylation sites (N-methyl/N-ethyl adjacent to an activating group) is 1. The normalized spacial score (nSPS) is 28.0. The molecule has 1 aliphatic carbocycles. The van der Waals surface area contributed by atoms with Crippen molar-refractivity contribution >= 4 is 11.8 Å². The van der Waals surface area contributed by atoms with Crippen LogP contribution in [0.1, 0.15) is 40.5 Å². The molecule has 2 aliphatic rings. The van der Waals surface area contributed by atoms with E-state index >= 15 is 0 Å². The van der Waals surface area contributed by atoms with E-state index in [2.05, 4.69) is 44.1 Å². The lowest BCUT2D eigenvalue weighted by Gasteiger charge is -2.38. The first kappa shape index (κ1) is 20.0. The van der Waals surface area contributed by atoms with E-state index in [0.717, 1.165) is 32.6 Å². The van der Waals surface area contributed by atoms with Crippen LogP contribution in [0.15, 0.2) is 11.6 Å². The Morgan fingerprint density at radius 3 is 2.44 bits per heavy atom. The van der Waals surface area contributed by atoms with Crippen LogP contribution in [0.2, 0.25) is 0 Å². The SMILES string of the molecule is CC(=O)NCC1C=C(C)C(CC(=O)N2CCN(C)CC2)CC1C(C)C. The van der Waals surface area contributed by atoms with Crippen molar-refractivity contribution in [2.24, 2.45) is 23.7 Å². The molecule has 3 unspecified atom stereocenters. The molecule has 2 rings (SSSR count). The van der Waals surface area contributed by atoms with Crippen LogP contribution in [0, 0.1) is 23.7 Å². The molecule has 5 nitrogen and oxygen atoms in total. The molecule has 0 aromatic heterocycles. The van der Waals surface area contributed by atoms with Crippen molar-refractivity contribution in [3.05, 3.63) is 11.6 Å². The summed E-state index contributed by atoms with van der Waals surface area (Å²) in [6.45, 7) is 12.6. The molecule has 25 heavy (non-hydrogen) atoms. The van der Waals surface area contributed by atoms with E-state index in [1.54, 1.807) is 6.92 Å². The van der Waals surface area contributed by atoms with Crippen molar-refractivity contribution < 1.29 is 9.59 Å². The van der Waals surface area contributed by atoms with Crippen molar-refractivity contribution in [3.8, 4) is 0 Å². The standard InChI is InChI=1S/C20H35N3O2/c1-14(2)19-11-17(15(3)10-18(19)13-21-16(4)24)12-20(25)23-8-6-22(5)7-9-23/h10,14,17-19H,6-9,11-13H2,1-5H3,(H,21,24). The van der Waals surface area contributed by atoms with Gasteiger partial charge in [0.25, 0.3) is 0 Å². The highest BCUT2D eigenvalue weighted by Crippen LogP contribution is 2.39. The average molecular weight is 350 g/mol. The predicted octanol–water partition coefficient (Wildman–Crippen LogP) is 2.14. The molecule has 0 aromatic rings. The molecular formula is C20H35N3O2. The number of carbonyl (C=O) groups excluding carboxylic acids is 2. The van der Waals surface area contributed by atoms with Crippen LogP contribution in [-0.2, 0) is 9.59 Å². The number of nitrogens with one attached hydrogen (secondary N) is 1. The number of hydrogen-bond donors (Lipinski definition) is 1. The lowest BCUT2D eigenvalue weighted by Crippen LogP contribution is -2.47. The first-order valence-electron chi connectivity index (χ1n) is 9.67.